The van der Waals surface area contributed by atoms with Gasteiger partial charge in [-0.15, -0.1) is 0 Å². The lowest BCUT2D eigenvalue weighted by Crippen LogP contribution is -2.49. The van der Waals surface area contributed by atoms with E-state index in [1.165, 1.54) is 57.9 Å². The van der Waals surface area contributed by atoms with Crippen molar-refractivity contribution >= 4 is 0 Å². The maximum atomic E-state index is 3.37. The molecule has 1 saturated heterocycles. The van der Waals surface area contributed by atoms with Gasteiger partial charge in [0.1, 0.15) is 0 Å². The summed E-state index contributed by atoms with van der Waals surface area (Å²) in [7, 11) is 2.08. The second-order valence-corrected chi connectivity index (χ2v) is 5.58. The van der Waals surface area contributed by atoms with E-state index in [2.05, 4.69) is 29.4 Å². The SMILES string of the molecule is CNCC1CCCCN1C1/C=C/CCCCC1. The third-order valence-electron chi connectivity index (χ3n) is 4.27. The molecule has 1 aliphatic heterocycles. The van der Waals surface area contributed by atoms with E-state index in [9.17, 15) is 0 Å². The first-order chi connectivity index (χ1) is 8.42. The van der Waals surface area contributed by atoms with Gasteiger partial charge in [-0.2, -0.15) is 0 Å². The highest BCUT2D eigenvalue weighted by Gasteiger charge is 2.26. The molecule has 1 aliphatic carbocycles. The molecule has 2 atom stereocenters. The Morgan fingerprint density at radius 2 is 2.00 bits per heavy atom. The first-order valence-corrected chi connectivity index (χ1v) is 7.49. The summed E-state index contributed by atoms with van der Waals surface area (Å²) in [6.45, 7) is 2.46. The van der Waals surface area contributed by atoms with Crippen LogP contribution in [0.25, 0.3) is 0 Å². The number of piperidine rings is 1. The van der Waals surface area contributed by atoms with Crippen molar-refractivity contribution in [1.29, 1.82) is 0 Å². The molecule has 0 amide bonds. The molecule has 0 spiro atoms. The minimum Gasteiger partial charge on any atom is -0.318 e. The van der Waals surface area contributed by atoms with Crippen molar-refractivity contribution in [3.8, 4) is 0 Å². The second kappa shape index (κ2) is 7.17. The zero-order chi connectivity index (χ0) is 11.9. The van der Waals surface area contributed by atoms with Gasteiger partial charge >= 0.3 is 0 Å². The summed E-state index contributed by atoms with van der Waals surface area (Å²) in [5.41, 5.74) is 0. The number of hydrogen-bond acceptors (Lipinski definition) is 2. The Balaban J connectivity index is 1.97. The van der Waals surface area contributed by atoms with Crippen LogP contribution in [0.15, 0.2) is 12.2 Å². The van der Waals surface area contributed by atoms with Crippen molar-refractivity contribution in [3.63, 3.8) is 0 Å². The predicted molar refractivity (Wildman–Crippen MR) is 74.3 cm³/mol. The fraction of sp³-hybridized carbons (Fsp3) is 0.867. The molecule has 17 heavy (non-hydrogen) atoms. The highest BCUT2D eigenvalue weighted by molar-refractivity contribution is 4.98. The zero-order valence-electron chi connectivity index (χ0n) is 11.3. The largest absolute Gasteiger partial charge is 0.318 e. The van der Waals surface area contributed by atoms with Gasteiger partial charge < -0.3 is 5.32 Å². The smallest absolute Gasteiger partial charge is 0.0281 e. The Kier molecular flexibility index (Phi) is 5.53. The van der Waals surface area contributed by atoms with Gasteiger partial charge in [-0.3, -0.25) is 4.90 Å². The summed E-state index contributed by atoms with van der Waals surface area (Å²) in [6.07, 6.45) is 16.0. The normalized spacial score (nSPS) is 33.9. The molecule has 0 saturated carbocycles. The molecule has 0 aromatic carbocycles. The van der Waals surface area contributed by atoms with Gasteiger partial charge in [-0.05, 0) is 45.7 Å². The lowest BCUT2D eigenvalue weighted by molar-refractivity contribution is 0.110. The summed E-state index contributed by atoms with van der Waals surface area (Å²) in [4.78, 5) is 2.77. The molecule has 0 radical (unpaired) electrons. The number of likely N-dealkylation sites (tertiary alicyclic amines) is 1. The van der Waals surface area contributed by atoms with Gasteiger partial charge in [0, 0.05) is 18.6 Å². The Morgan fingerprint density at radius 3 is 2.88 bits per heavy atom. The Labute approximate surface area is 106 Å². The van der Waals surface area contributed by atoms with E-state index < -0.39 is 0 Å². The first-order valence-electron chi connectivity index (χ1n) is 7.49. The van der Waals surface area contributed by atoms with Gasteiger partial charge in [0.2, 0.25) is 0 Å². The van der Waals surface area contributed by atoms with Gasteiger partial charge in [0.05, 0.1) is 0 Å². The highest BCUT2D eigenvalue weighted by atomic mass is 15.2. The lowest BCUT2D eigenvalue weighted by Gasteiger charge is -2.40. The fourth-order valence-corrected chi connectivity index (χ4v) is 3.33. The molecular formula is C15H28N2. The molecule has 0 aromatic rings. The molecule has 2 nitrogen and oxygen atoms in total. The standard InChI is InChI=1S/C15H28N2/c1-16-13-15-11-7-8-12-17(15)14-9-5-3-2-4-6-10-14/h5,9,14-16H,2-4,6-8,10-13H2,1H3/b9-5+. The monoisotopic (exact) mass is 236 g/mol. The van der Waals surface area contributed by atoms with Gasteiger partial charge in [-0.25, -0.2) is 0 Å². The van der Waals surface area contributed by atoms with Crippen molar-refractivity contribution in [3.05, 3.63) is 12.2 Å². The van der Waals surface area contributed by atoms with Crippen LogP contribution >= 0.6 is 0 Å². The third kappa shape index (κ3) is 3.82. The van der Waals surface area contributed by atoms with Crippen LogP contribution < -0.4 is 5.32 Å². The quantitative estimate of drug-likeness (QED) is 0.758. The number of hydrogen-bond donors (Lipinski definition) is 1. The van der Waals surface area contributed by atoms with Crippen molar-refractivity contribution in [1.82, 2.24) is 10.2 Å². The van der Waals surface area contributed by atoms with Crippen LogP contribution in [0.1, 0.15) is 51.4 Å². The van der Waals surface area contributed by atoms with Crippen molar-refractivity contribution in [2.24, 2.45) is 0 Å². The molecule has 0 aromatic heterocycles. The zero-order valence-corrected chi connectivity index (χ0v) is 11.3. The van der Waals surface area contributed by atoms with E-state index in [0.717, 1.165) is 12.6 Å². The second-order valence-electron chi connectivity index (χ2n) is 5.58. The van der Waals surface area contributed by atoms with Crippen molar-refractivity contribution < 1.29 is 0 Å². The maximum absolute atomic E-state index is 3.37. The Bertz CT molecular complexity index is 235. The third-order valence-corrected chi connectivity index (χ3v) is 4.27. The van der Waals surface area contributed by atoms with Gasteiger partial charge in [0.25, 0.3) is 0 Å². The van der Waals surface area contributed by atoms with Crippen LogP contribution in [0.5, 0.6) is 0 Å². The van der Waals surface area contributed by atoms with E-state index in [4.69, 9.17) is 0 Å². The summed E-state index contributed by atoms with van der Waals surface area (Å²) in [5, 5.41) is 3.37. The van der Waals surface area contributed by atoms with E-state index in [-0.39, 0.29) is 0 Å². The van der Waals surface area contributed by atoms with E-state index in [0.29, 0.717) is 6.04 Å². The number of allylic oxidation sites excluding steroid dienone is 1. The number of nitrogens with one attached hydrogen (secondary N) is 1. The number of nitrogens with zero attached hydrogens (tertiary/aromatic N) is 1. The predicted octanol–water partition coefficient (Wildman–Crippen LogP) is 2.95. The molecule has 1 fully saturated rings. The molecule has 98 valence electrons. The molecule has 2 unspecified atom stereocenters. The minimum atomic E-state index is 0.717. The number of likely N-dealkylation sites (N-methyl/N-ethyl adjacent to an activating group) is 1. The average molecular weight is 236 g/mol. The number of rotatable bonds is 3. The summed E-state index contributed by atoms with van der Waals surface area (Å²) >= 11 is 0. The fourth-order valence-electron chi connectivity index (χ4n) is 3.33. The molecular weight excluding hydrogens is 208 g/mol. The highest BCUT2D eigenvalue weighted by Crippen LogP contribution is 2.24. The van der Waals surface area contributed by atoms with Crippen LogP contribution in [0.2, 0.25) is 0 Å². The van der Waals surface area contributed by atoms with Gasteiger partial charge in [-0.1, -0.05) is 31.4 Å². The lowest BCUT2D eigenvalue weighted by atomic mass is 9.95. The van der Waals surface area contributed by atoms with Crippen molar-refractivity contribution in [2.45, 2.75) is 63.5 Å². The van der Waals surface area contributed by atoms with Crippen LogP contribution in [-0.2, 0) is 0 Å². The Morgan fingerprint density at radius 1 is 1.12 bits per heavy atom. The maximum Gasteiger partial charge on any atom is 0.0281 e. The van der Waals surface area contributed by atoms with Gasteiger partial charge in [0.15, 0.2) is 0 Å². The molecule has 1 heterocycles. The van der Waals surface area contributed by atoms with Crippen LogP contribution in [-0.4, -0.2) is 37.1 Å². The van der Waals surface area contributed by atoms with E-state index in [1.807, 2.05) is 0 Å². The average Bonchev–Trinajstić information content (AvgIpc) is 2.30. The van der Waals surface area contributed by atoms with E-state index in [1.54, 1.807) is 0 Å². The molecule has 2 aliphatic rings. The first kappa shape index (κ1) is 13.1. The summed E-state index contributed by atoms with van der Waals surface area (Å²) in [5.74, 6) is 0. The summed E-state index contributed by atoms with van der Waals surface area (Å²) in [6, 6.07) is 1.48. The minimum absolute atomic E-state index is 0.717. The molecule has 1 N–H and O–H groups in total. The van der Waals surface area contributed by atoms with Crippen molar-refractivity contribution in [2.75, 3.05) is 20.1 Å². The molecule has 0 bridgehead atoms. The van der Waals surface area contributed by atoms with Crippen LogP contribution in [0, 0.1) is 0 Å². The van der Waals surface area contributed by atoms with Crippen LogP contribution in [0.3, 0.4) is 0 Å². The topological polar surface area (TPSA) is 15.3 Å². The van der Waals surface area contributed by atoms with E-state index >= 15 is 0 Å². The molecule has 2 rings (SSSR count). The Hall–Kier alpha value is -0.340. The summed E-state index contributed by atoms with van der Waals surface area (Å²) < 4.78 is 0. The van der Waals surface area contributed by atoms with Crippen LogP contribution in [0.4, 0.5) is 0 Å². The molecule has 2 heteroatoms.